The molecule has 0 bridgehead atoms. The zero-order valence-corrected chi connectivity index (χ0v) is 10.5. The van der Waals surface area contributed by atoms with E-state index in [1.807, 2.05) is 4.90 Å². The predicted octanol–water partition coefficient (Wildman–Crippen LogP) is 1.94. The van der Waals surface area contributed by atoms with E-state index in [1.165, 1.54) is 25.7 Å². The number of rotatable bonds is 4. The van der Waals surface area contributed by atoms with Crippen LogP contribution < -0.4 is 0 Å². The summed E-state index contributed by atoms with van der Waals surface area (Å²) in [6.07, 6.45) is 9.41. The summed E-state index contributed by atoms with van der Waals surface area (Å²) in [5.41, 5.74) is -0.511. The molecule has 0 unspecified atom stereocenters. The zero-order valence-electron chi connectivity index (χ0n) is 10.5. The molecule has 17 heavy (non-hydrogen) atoms. The van der Waals surface area contributed by atoms with Gasteiger partial charge >= 0.3 is 0 Å². The van der Waals surface area contributed by atoms with Gasteiger partial charge in [0, 0.05) is 6.42 Å². The zero-order chi connectivity index (χ0) is 11.9. The number of β-amino-alcohol motifs (C(OH)–C–C–N with tert-alkyl or cyclic N) is 1. The van der Waals surface area contributed by atoms with E-state index in [-0.39, 0.29) is 5.91 Å². The van der Waals surface area contributed by atoms with Gasteiger partial charge in [-0.05, 0) is 31.1 Å². The maximum Gasteiger partial charge on any atom is 0.222 e. The highest BCUT2D eigenvalue weighted by atomic mass is 16.3. The van der Waals surface area contributed by atoms with E-state index in [4.69, 9.17) is 0 Å². The molecular formula is C14H23NO2. The van der Waals surface area contributed by atoms with E-state index in [2.05, 4.69) is 0 Å². The average Bonchev–Trinajstić information content (AvgIpc) is 3.00. The Kier molecular flexibility index (Phi) is 2.89. The lowest BCUT2D eigenvalue weighted by Gasteiger charge is -2.47. The molecule has 3 fully saturated rings. The molecule has 0 atom stereocenters. The Labute approximate surface area is 103 Å². The van der Waals surface area contributed by atoms with Crippen molar-refractivity contribution < 1.29 is 9.90 Å². The quantitative estimate of drug-likeness (QED) is 0.811. The Morgan fingerprint density at radius 2 is 1.82 bits per heavy atom. The Balaban J connectivity index is 1.39. The molecule has 3 heteroatoms. The molecule has 0 spiro atoms. The topological polar surface area (TPSA) is 40.5 Å². The van der Waals surface area contributed by atoms with Crippen molar-refractivity contribution in [3.05, 3.63) is 0 Å². The molecular weight excluding hydrogens is 214 g/mol. The molecule has 3 aliphatic rings. The van der Waals surface area contributed by atoms with Gasteiger partial charge in [-0.2, -0.15) is 0 Å². The Morgan fingerprint density at radius 3 is 2.41 bits per heavy atom. The summed E-state index contributed by atoms with van der Waals surface area (Å²) in [6.45, 7) is 1.20. The second kappa shape index (κ2) is 4.27. The molecule has 0 aromatic rings. The minimum absolute atomic E-state index is 0.266. The van der Waals surface area contributed by atoms with Crippen LogP contribution in [0.25, 0.3) is 0 Å². The first-order valence-electron chi connectivity index (χ1n) is 7.17. The second-order valence-corrected chi connectivity index (χ2v) is 6.32. The minimum atomic E-state index is -0.511. The molecule has 0 aromatic heterocycles. The number of amides is 1. The first kappa shape index (κ1) is 11.5. The van der Waals surface area contributed by atoms with Crippen molar-refractivity contribution in [1.29, 1.82) is 0 Å². The maximum absolute atomic E-state index is 11.9. The molecule has 3 rings (SSSR count). The summed E-state index contributed by atoms with van der Waals surface area (Å²) in [6, 6.07) is 0. The fourth-order valence-electron chi connectivity index (χ4n) is 3.45. The minimum Gasteiger partial charge on any atom is -0.386 e. The summed E-state index contributed by atoms with van der Waals surface area (Å²) >= 11 is 0. The predicted molar refractivity (Wildman–Crippen MR) is 65.4 cm³/mol. The molecule has 1 heterocycles. The second-order valence-electron chi connectivity index (χ2n) is 6.32. The lowest BCUT2D eigenvalue weighted by Crippen LogP contribution is -2.64. The molecule has 0 radical (unpaired) electrons. The third-order valence-electron chi connectivity index (χ3n) is 4.86. The molecule has 2 saturated carbocycles. The van der Waals surface area contributed by atoms with Gasteiger partial charge in [0.05, 0.1) is 13.1 Å². The number of aliphatic hydroxyl groups is 1. The Morgan fingerprint density at radius 1 is 1.18 bits per heavy atom. The van der Waals surface area contributed by atoms with Crippen LogP contribution in [-0.4, -0.2) is 34.6 Å². The molecule has 2 aliphatic carbocycles. The standard InChI is InChI=1S/C14H23NO2/c16-13(8-5-11-3-1-2-4-11)15-9-14(17,10-15)12-6-7-12/h11-12,17H,1-10H2. The molecule has 1 aliphatic heterocycles. The van der Waals surface area contributed by atoms with Gasteiger partial charge in [-0.1, -0.05) is 25.7 Å². The fourth-order valence-corrected chi connectivity index (χ4v) is 3.45. The summed E-state index contributed by atoms with van der Waals surface area (Å²) < 4.78 is 0. The largest absolute Gasteiger partial charge is 0.386 e. The van der Waals surface area contributed by atoms with Crippen LogP contribution in [0.3, 0.4) is 0 Å². The SMILES string of the molecule is O=C(CCC1CCCC1)N1CC(O)(C2CC2)C1. The Hall–Kier alpha value is -0.570. The normalized spacial score (nSPS) is 28.2. The number of likely N-dealkylation sites (tertiary alicyclic amines) is 1. The first-order valence-corrected chi connectivity index (χ1v) is 7.17. The highest BCUT2D eigenvalue weighted by Crippen LogP contribution is 2.44. The third kappa shape index (κ3) is 2.35. The van der Waals surface area contributed by atoms with E-state index in [0.717, 1.165) is 25.2 Å². The van der Waals surface area contributed by atoms with Crippen LogP contribution in [0, 0.1) is 11.8 Å². The van der Waals surface area contributed by atoms with Crippen molar-refractivity contribution in [2.24, 2.45) is 11.8 Å². The van der Waals surface area contributed by atoms with Gasteiger partial charge < -0.3 is 10.0 Å². The Bertz CT molecular complexity index is 299. The van der Waals surface area contributed by atoms with Gasteiger partial charge in [0.2, 0.25) is 5.91 Å². The lowest BCUT2D eigenvalue weighted by atomic mass is 9.88. The van der Waals surface area contributed by atoms with Gasteiger partial charge in [0.1, 0.15) is 5.60 Å². The molecule has 1 N–H and O–H groups in total. The summed E-state index contributed by atoms with van der Waals surface area (Å²) in [5.74, 6) is 1.55. The van der Waals surface area contributed by atoms with Gasteiger partial charge in [-0.3, -0.25) is 4.79 Å². The first-order chi connectivity index (χ1) is 8.17. The number of carbonyl (C=O) groups excluding carboxylic acids is 1. The monoisotopic (exact) mass is 237 g/mol. The van der Waals surface area contributed by atoms with Crippen molar-refractivity contribution in [2.75, 3.05) is 13.1 Å². The summed E-state index contributed by atoms with van der Waals surface area (Å²) in [4.78, 5) is 13.8. The van der Waals surface area contributed by atoms with Crippen molar-refractivity contribution in [3.8, 4) is 0 Å². The van der Waals surface area contributed by atoms with Gasteiger partial charge in [0.25, 0.3) is 0 Å². The summed E-state index contributed by atoms with van der Waals surface area (Å²) in [5, 5.41) is 10.2. The molecule has 3 nitrogen and oxygen atoms in total. The van der Waals surface area contributed by atoms with E-state index < -0.39 is 5.60 Å². The summed E-state index contributed by atoms with van der Waals surface area (Å²) in [7, 11) is 0. The molecule has 1 amide bonds. The number of hydrogen-bond donors (Lipinski definition) is 1. The van der Waals surface area contributed by atoms with Crippen molar-refractivity contribution in [1.82, 2.24) is 4.90 Å². The van der Waals surface area contributed by atoms with E-state index in [0.29, 0.717) is 25.4 Å². The van der Waals surface area contributed by atoms with Crippen molar-refractivity contribution >= 4 is 5.91 Å². The van der Waals surface area contributed by atoms with E-state index >= 15 is 0 Å². The average molecular weight is 237 g/mol. The fraction of sp³-hybridized carbons (Fsp3) is 0.929. The maximum atomic E-state index is 11.9. The van der Waals surface area contributed by atoms with Crippen LogP contribution in [0.5, 0.6) is 0 Å². The van der Waals surface area contributed by atoms with Crippen LogP contribution >= 0.6 is 0 Å². The van der Waals surface area contributed by atoms with Crippen LogP contribution in [0.1, 0.15) is 51.4 Å². The van der Waals surface area contributed by atoms with Crippen LogP contribution in [0.15, 0.2) is 0 Å². The van der Waals surface area contributed by atoms with E-state index in [1.54, 1.807) is 0 Å². The van der Waals surface area contributed by atoms with Gasteiger partial charge in [0.15, 0.2) is 0 Å². The lowest BCUT2D eigenvalue weighted by molar-refractivity contribution is -0.159. The molecule has 1 saturated heterocycles. The molecule has 96 valence electrons. The van der Waals surface area contributed by atoms with Crippen LogP contribution in [-0.2, 0) is 4.79 Å². The molecule has 0 aromatic carbocycles. The third-order valence-corrected chi connectivity index (χ3v) is 4.86. The highest BCUT2D eigenvalue weighted by Gasteiger charge is 2.53. The number of carbonyl (C=O) groups is 1. The van der Waals surface area contributed by atoms with Gasteiger partial charge in [-0.15, -0.1) is 0 Å². The highest BCUT2D eigenvalue weighted by molar-refractivity contribution is 5.77. The van der Waals surface area contributed by atoms with Crippen LogP contribution in [0.2, 0.25) is 0 Å². The van der Waals surface area contributed by atoms with Crippen molar-refractivity contribution in [2.45, 2.75) is 57.0 Å². The van der Waals surface area contributed by atoms with E-state index in [9.17, 15) is 9.90 Å². The van der Waals surface area contributed by atoms with Crippen molar-refractivity contribution in [3.63, 3.8) is 0 Å². The number of hydrogen-bond acceptors (Lipinski definition) is 2. The van der Waals surface area contributed by atoms with Gasteiger partial charge in [-0.25, -0.2) is 0 Å². The smallest absolute Gasteiger partial charge is 0.222 e. The van der Waals surface area contributed by atoms with Crippen LogP contribution in [0.4, 0.5) is 0 Å². The number of nitrogens with zero attached hydrogens (tertiary/aromatic N) is 1.